The Balaban J connectivity index is 3.69. The van der Waals surface area contributed by atoms with Gasteiger partial charge in [-0.3, -0.25) is 0 Å². The summed E-state index contributed by atoms with van der Waals surface area (Å²) >= 11 is 0. The van der Waals surface area contributed by atoms with E-state index in [1.807, 2.05) is 13.8 Å². The first kappa shape index (κ1) is 10.9. The summed E-state index contributed by atoms with van der Waals surface area (Å²) in [6.45, 7) is 3.89. The lowest BCUT2D eigenvalue weighted by Gasteiger charge is -2.26. The molecule has 0 bridgehead atoms. The van der Waals surface area contributed by atoms with Crippen LogP contribution in [0.15, 0.2) is 0 Å². The van der Waals surface area contributed by atoms with E-state index >= 15 is 0 Å². The molecule has 2 atom stereocenters. The highest BCUT2D eigenvalue weighted by Crippen LogP contribution is 2.16. The second-order valence-corrected chi connectivity index (χ2v) is 3.33. The van der Waals surface area contributed by atoms with Crippen LogP contribution in [0.4, 0.5) is 0 Å². The summed E-state index contributed by atoms with van der Waals surface area (Å²) in [6.07, 6.45) is 1.68. The minimum atomic E-state index is -0.409. The molecule has 3 N–H and O–H groups in total. The van der Waals surface area contributed by atoms with Gasteiger partial charge in [-0.05, 0) is 26.7 Å². The predicted octanol–water partition coefficient (Wildman–Crippen LogP) is 0.511. The Bertz CT molecular complexity index is 100. The molecule has 0 aliphatic carbocycles. The van der Waals surface area contributed by atoms with Gasteiger partial charge in [0.1, 0.15) is 0 Å². The number of rotatable bonds is 5. The smallest absolute Gasteiger partial charge is 0.0880 e. The summed E-state index contributed by atoms with van der Waals surface area (Å²) in [5.74, 6) is 0. The molecule has 0 heterocycles. The van der Waals surface area contributed by atoms with Crippen molar-refractivity contribution < 1.29 is 9.84 Å². The lowest BCUT2D eigenvalue weighted by atomic mass is 9.99. The third kappa shape index (κ3) is 4.35. The van der Waals surface area contributed by atoms with E-state index < -0.39 is 5.60 Å². The summed E-state index contributed by atoms with van der Waals surface area (Å²) in [6, 6.07) is 0.177. The van der Waals surface area contributed by atoms with Crippen molar-refractivity contribution in [1.29, 1.82) is 0 Å². The van der Waals surface area contributed by atoms with Crippen LogP contribution in [-0.4, -0.2) is 30.5 Å². The van der Waals surface area contributed by atoms with E-state index in [1.54, 1.807) is 7.11 Å². The lowest BCUT2D eigenvalue weighted by Crippen LogP contribution is -2.33. The number of methoxy groups -OCH3 is 1. The van der Waals surface area contributed by atoms with Crippen LogP contribution in [0.1, 0.15) is 26.7 Å². The molecule has 68 valence electrons. The molecule has 0 fully saturated rings. The molecule has 0 radical (unpaired) electrons. The summed E-state index contributed by atoms with van der Waals surface area (Å²) in [5.41, 5.74) is 5.16. The van der Waals surface area contributed by atoms with Crippen molar-refractivity contribution in [2.75, 3.05) is 13.7 Å². The van der Waals surface area contributed by atoms with Gasteiger partial charge in [0, 0.05) is 13.2 Å². The Morgan fingerprint density at radius 1 is 1.64 bits per heavy atom. The Kier molecular flexibility index (Phi) is 4.65. The molecule has 0 aromatic heterocycles. The fourth-order valence-corrected chi connectivity index (χ4v) is 0.779. The molecule has 0 amide bonds. The maximum absolute atomic E-state index is 8.93. The first-order chi connectivity index (χ1) is 5.04. The van der Waals surface area contributed by atoms with Crippen molar-refractivity contribution in [2.24, 2.45) is 5.73 Å². The van der Waals surface area contributed by atoms with Crippen LogP contribution in [0.5, 0.6) is 0 Å². The highest BCUT2D eigenvalue weighted by atomic mass is 16.5. The third-order valence-electron chi connectivity index (χ3n) is 1.96. The molecular weight excluding hydrogens is 142 g/mol. The van der Waals surface area contributed by atoms with Crippen LogP contribution in [0.25, 0.3) is 0 Å². The van der Waals surface area contributed by atoms with Gasteiger partial charge in [-0.2, -0.15) is 0 Å². The summed E-state index contributed by atoms with van der Waals surface area (Å²) in [5, 5.41) is 8.93. The molecule has 0 rings (SSSR count). The second kappa shape index (κ2) is 4.70. The Morgan fingerprint density at radius 2 is 2.18 bits per heavy atom. The summed E-state index contributed by atoms with van der Waals surface area (Å²) in [7, 11) is 1.61. The Morgan fingerprint density at radius 3 is 2.45 bits per heavy atom. The van der Waals surface area contributed by atoms with Crippen molar-refractivity contribution in [3.63, 3.8) is 0 Å². The molecule has 2 unspecified atom stereocenters. The van der Waals surface area contributed by atoms with Crippen molar-refractivity contribution in [2.45, 2.75) is 38.3 Å². The fraction of sp³-hybridized carbons (Fsp3) is 1.00. The van der Waals surface area contributed by atoms with Crippen molar-refractivity contribution in [3.8, 4) is 0 Å². The van der Waals surface area contributed by atoms with Crippen LogP contribution in [0.3, 0.4) is 0 Å². The van der Waals surface area contributed by atoms with Crippen LogP contribution in [-0.2, 0) is 4.74 Å². The van der Waals surface area contributed by atoms with Gasteiger partial charge in [-0.15, -0.1) is 0 Å². The van der Waals surface area contributed by atoms with Crippen molar-refractivity contribution >= 4 is 0 Å². The summed E-state index contributed by atoms with van der Waals surface area (Å²) in [4.78, 5) is 0. The molecular formula is C8H19NO2. The molecule has 0 aliphatic heterocycles. The van der Waals surface area contributed by atoms with E-state index in [0.717, 1.165) is 12.8 Å². The van der Waals surface area contributed by atoms with Gasteiger partial charge in [-0.1, -0.05) is 0 Å². The van der Waals surface area contributed by atoms with E-state index in [9.17, 15) is 0 Å². The lowest BCUT2D eigenvalue weighted by molar-refractivity contribution is -0.0451. The highest BCUT2D eigenvalue weighted by Gasteiger charge is 2.22. The molecule has 0 aromatic rings. The van der Waals surface area contributed by atoms with E-state index in [1.165, 1.54) is 0 Å². The average molecular weight is 161 g/mol. The number of ether oxygens (including phenoxy) is 1. The number of aliphatic hydroxyl groups is 1. The molecule has 0 aromatic carbocycles. The van der Waals surface area contributed by atoms with Gasteiger partial charge in [0.25, 0.3) is 0 Å². The Labute approximate surface area is 68.5 Å². The Hall–Kier alpha value is -0.120. The molecule has 0 saturated heterocycles. The number of hydrogen-bond acceptors (Lipinski definition) is 3. The van der Waals surface area contributed by atoms with E-state index in [2.05, 4.69) is 0 Å². The minimum Gasteiger partial charge on any atom is -0.393 e. The first-order valence-corrected chi connectivity index (χ1v) is 3.95. The van der Waals surface area contributed by atoms with Crippen LogP contribution < -0.4 is 5.73 Å². The quantitative estimate of drug-likeness (QED) is 0.617. The maximum Gasteiger partial charge on any atom is 0.0880 e. The summed E-state index contributed by atoms with van der Waals surface area (Å²) < 4.78 is 5.13. The zero-order chi connectivity index (χ0) is 8.91. The number of nitrogens with two attached hydrogens (primary N) is 1. The van der Waals surface area contributed by atoms with Gasteiger partial charge in [-0.25, -0.2) is 0 Å². The largest absolute Gasteiger partial charge is 0.393 e. The molecule has 0 spiro atoms. The standard InChI is InChI=1S/C8H19NO2/c1-7(9)4-5-8(2,6-10)11-3/h7,10H,4-6,9H2,1-3H3. The minimum absolute atomic E-state index is 0.0518. The van der Waals surface area contributed by atoms with E-state index in [-0.39, 0.29) is 12.6 Å². The van der Waals surface area contributed by atoms with E-state index in [4.69, 9.17) is 15.6 Å². The average Bonchev–Trinajstić information content (AvgIpc) is 2.00. The molecule has 3 heteroatoms. The van der Waals surface area contributed by atoms with Gasteiger partial charge in [0.05, 0.1) is 12.2 Å². The predicted molar refractivity (Wildman–Crippen MR) is 45.4 cm³/mol. The van der Waals surface area contributed by atoms with Crippen LogP contribution in [0.2, 0.25) is 0 Å². The zero-order valence-corrected chi connectivity index (χ0v) is 7.63. The molecule has 0 aliphatic rings. The highest BCUT2D eigenvalue weighted by molar-refractivity contribution is 4.74. The zero-order valence-electron chi connectivity index (χ0n) is 7.63. The fourth-order valence-electron chi connectivity index (χ4n) is 0.779. The maximum atomic E-state index is 8.93. The molecule has 0 saturated carbocycles. The van der Waals surface area contributed by atoms with Gasteiger partial charge < -0.3 is 15.6 Å². The molecule has 11 heavy (non-hydrogen) atoms. The monoisotopic (exact) mass is 161 g/mol. The van der Waals surface area contributed by atoms with Gasteiger partial charge in [0.2, 0.25) is 0 Å². The van der Waals surface area contributed by atoms with E-state index in [0.29, 0.717) is 0 Å². The normalized spacial score (nSPS) is 19.4. The van der Waals surface area contributed by atoms with Crippen LogP contribution in [0, 0.1) is 0 Å². The third-order valence-corrected chi connectivity index (χ3v) is 1.96. The molecule has 3 nitrogen and oxygen atoms in total. The number of aliphatic hydroxyl groups excluding tert-OH is 1. The topological polar surface area (TPSA) is 55.5 Å². The van der Waals surface area contributed by atoms with Gasteiger partial charge >= 0.3 is 0 Å². The SMILES string of the molecule is COC(C)(CO)CCC(C)N. The van der Waals surface area contributed by atoms with Crippen molar-refractivity contribution in [1.82, 2.24) is 0 Å². The van der Waals surface area contributed by atoms with Crippen molar-refractivity contribution in [3.05, 3.63) is 0 Å². The first-order valence-electron chi connectivity index (χ1n) is 3.95. The second-order valence-electron chi connectivity index (χ2n) is 3.33. The van der Waals surface area contributed by atoms with Gasteiger partial charge in [0.15, 0.2) is 0 Å². The van der Waals surface area contributed by atoms with Crippen LogP contribution >= 0.6 is 0 Å². The number of hydrogen-bond donors (Lipinski definition) is 2.